The molecule has 2 saturated heterocycles. The summed E-state index contributed by atoms with van der Waals surface area (Å²) < 4.78 is 6.21. The topological polar surface area (TPSA) is 42.2 Å². The van der Waals surface area contributed by atoms with Gasteiger partial charge in [0.25, 0.3) is 0 Å². The van der Waals surface area contributed by atoms with Gasteiger partial charge in [-0.2, -0.15) is 0 Å². The molecule has 0 aliphatic carbocycles. The third-order valence-electron chi connectivity index (χ3n) is 6.31. The molecule has 2 unspecified atom stereocenters. The van der Waals surface area contributed by atoms with Crippen molar-refractivity contribution in [1.29, 1.82) is 0 Å². The van der Waals surface area contributed by atoms with Crippen molar-refractivity contribution in [2.75, 3.05) is 7.05 Å². The molecule has 0 saturated carbocycles. The lowest BCUT2D eigenvalue weighted by Crippen LogP contribution is -2.44. The third kappa shape index (κ3) is 3.34. The molecule has 3 heterocycles. The van der Waals surface area contributed by atoms with Crippen LogP contribution >= 0.6 is 24.0 Å². The predicted molar refractivity (Wildman–Crippen MR) is 113 cm³/mol. The van der Waals surface area contributed by atoms with Gasteiger partial charge in [-0.05, 0) is 62.1 Å². The molecular formula is C22H23Cl2N3O. The SMILES string of the molecule is CN1C2CCC1[C@@H](c1nnc(-c3ccccc3)o1)[C@@H](c1ccc(Cl)cc1)C2.Cl. The zero-order chi connectivity index (χ0) is 18.4. The molecule has 28 heavy (non-hydrogen) atoms. The van der Waals surface area contributed by atoms with Crippen molar-refractivity contribution < 1.29 is 4.42 Å². The Labute approximate surface area is 176 Å². The third-order valence-corrected chi connectivity index (χ3v) is 6.57. The molecule has 2 aromatic carbocycles. The summed E-state index contributed by atoms with van der Waals surface area (Å²) in [5.74, 6) is 1.94. The fourth-order valence-corrected chi connectivity index (χ4v) is 5.05. The van der Waals surface area contributed by atoms with Crippen molar-refractivity contribution in [1.82, 2.24) is 15.1 Å². The first-order valence-corrected chi connectivity index (χ1v) is 9.95. The first-order valence-electron chi connectivity index (χ1n) is 9.57. The van der Waals surface area contributed by atoms with Crippen LogP contribution in [0.3, 0.4) is 0 Å². The van der Waals surface area contributed by atoms with E-state index in [1.807, 2.05) is 42.5 Å². The summed E-state index contributed by atoms with van der Waals surface area (Å²) in [5, 5.41) is 9.62. The Morgan fingerprint density at radius 2 is 1.75 bits per heavy atom. The summed E-state index contributed by atoms with van der Waals surface area (Å²) >= 11 is 6.12. The molecule has 4 nitrogen and oxygen atoms in total. The lowest BCUT2D eigenvalue weighted by Gasteiger charge is -2.41. The number of piperidine rings is 1. The quantitative estimate of drug-likeness (QED) is 0.562. The van der Waals surface area contributed by atoms with Crippen molar-refractivity contribution in [3.05, 3.63) is 71.1 Å². The van der Waals surface area contributed by atoms with Gasteiger partial charge in [0.15, 0.2) is 0 Å². The largest absolute Gasteiger partial charge is 0.420 e. The van der Waals surface area contributed by atoms with Gasteiger partial charge >= 0.3 is 0 Å². The summed E-state index contributed by atoms with van der Waals surface area (Å²) in [5.41, 5.74) is 2.28. The van der Waals surface area contributed by atoms with Crippen LogP contribution in [0.25, 0.3) is 11.5 Å². The van der Waals surface area contributed by atoms with Gasteiger partial charge in [0, 0.05) is 22.7 Å². The van der Waals surface area contributed by atoms with Gasteiger partial charge in [0.1, 0.15) is 0 Å². The zero-order valence-electron chi connectivity index (χ0n) is 15.7. The van der Waals surface area contributed by atoms with E-state index in [1.165, 1.54) is 18.4 Å². The van der Waals surface area contributed by atoms with Crippen LogP contribution in [0.5, 0.6) is 0 Å². The Balaban J connectivity index is 0.00000192. The maximum atomic E-state index is 6.21. The minimum Gasteiger partial charge on any atom is -0.420 e. The van der Waals surface area contributed by atoms with Gasteiger partial charge in [-0.3, -0.25) is 4.90 Å². The van der Waals surface area contributed by atoms with E-state index < -0.39 is 0 Å². The van der Waals surface area contributed by atoms with Crippen molar-refractivity contribution >= 4 is 24.0 Å². The lowest BCUT2D eigenvalue weighted by atomic mass is 9.76. The predicted octanol–water partition coefficient (Wildman–Crippen LogP) is 5.55. The number of likely N-dealkylation sites (N-methyl/N-ethyl adjacent to an activating group) is 1. The maximum Gasteiger partial charge on any atom is 0.247 e. The first-order chi connectivity index (χ1) is 13.2. The second kappa shape index (κ2) is 7.86. The van der Waals surface area contributed by atoms with Crippen molar-refractivity contribution in [2.24, 2.45) is 0 Å². The monoisotopic (exact) mass is 415 g/mol. The summed E-state index contributed by atoms with van der Waals surface area (Å²) in [4.78, 5) is 2.52. The van der Waals surface area contributed by atoms with E-state index in [4.69, 9.17) is 16.0 Å². The Morgan fingerprint density at radius 1 is 1.00 bits per heavy atom. The van der Waals surface area contributed by atoms with E-state index in [9.17, 15) is 0 Å². The molecule has 4 atom stereocenters. The minimum absolute atomic E-state index is 0. The molecule has 0 radical (unpaired) electrons. The van der Waals surface area contributed by atoms with Crippen molar-refractivity contribution in [3.63, 3.8) is 0 Å². The molecule has 3 aromatic rings. The van der Waals surface area contributed by atoms with Gasteiger partial charge < -0.3 is 4.42 Å². The zero-order valence-corrected chi connectivity index (χ0v) is 17.2. The van der Waals surface area contributed by atoms with E-state index >= 15 is 0 Å². The van der Waals surface area contributed by atoms with Crippen LogP contribution in [-0.2, 0) is 0 Å². The van der Waals surface area contributed by atoms with Crippen LogP contribution in [0.2, 0.25) is 5.02 Å². The van der Waals surface area contributed by atoms with Crippen LogP contribution in [-0.4, -0.2) is 34.2 Å². The smallest absolute Gasteiger partial charge is 0.247 e. The molecule has 2 aliphatic rings. The Kier molecular flexibility index (Phi) is 5.46. The summed E-state index contributed by atoms with van der Waals surface area (Å²) in [6, 6.07) is 19.3. The normalized spacial score (nSPS) is 26.8. The highest BCUT2D eigenvalue weighted by Crippen LogP contribution is 2.50. The highest BCUT2D eigenvalue weighted by molar-refractivity contribution is 6.30. The van der Waals surface area contributed by atoms with E-state index in [2.05, 4.69) is 34.3 Å². The van der Waals surface area contributed by atoms with Gasteiger partial charge in [-0.25, -0.2) is 0 Å². The molecular weight excluding hydrogens is 393 g/mol. The molecule has 146 valence electrons. The van der Waals surface area contributed by atoms with E-state index in [-0.39, 0.29) is 18.3 Å². The van der Waals surface area contributed by atoms with Crippen LogP contribution in [0.4, 0.5) is 0 Å². The van der Waals surface area contributed by atoms with Gasteiger partial charge in [0.2, 0.25) is 11.8 Å². The molecule has 6 heteroatoms. The molecule has 5 rings (SSSR count). The van der Waals surface area contributed by atoms with Gasteiger partial charge in [-0.1, -0.05) is 41.9 Å². The number of nitrogens with zero attached hydrogens (tertiary/aromatic N) is 3. The molecule has 1 aromatic heterocycles. The molecule has 2 fully saturated rings. The van der Waals surface area contributed by atoms with E-state index in [0.29, 0.717) is 23.9 Å². The number of aromatic nitrogens is 2. The molecule has 0 spiro atoms. The van der Waals surface area contributed by atoms with Crippen LogP contribution < -0.4 is 0 Å². The number of rotatable bonds is 3. The summed E-state index contributed by atoms with van der Waals surface area (Å²) in [6.07, 6.45) is 3.53. The number of fused-ring (bicyclic) bond motifs is 2. The van der Waals surface area contributed by atoms with Crippen molar-refractivity contribution in [2.45, 2.75) is 43.2 Å². The standard InChI is InChI=1S/C22H22ClN3O.ClH/c1-26-17-11-12-19(26)20(18(13-17)14-7-9-16(23)10-8-14)22-25-24-21(27-22)15-5-3-2-4-6-15;/h2-10,17-20H,11-13H2,1H3;1H/t17?,18-,19?,20+;/m1./s1. The highest BCUT2D eigenvalue weighted by Gasteiger charge is 2.48. The lowest BCUT2D eigenvalue weighted by molar-refractivity contribution is 0.124. The second-order valence-corrected chi connectivity index (χ2v) is 8.13. The fourth-order valence-electron chi connectivity index (χ4n) is 4.92. The average molecular weight is 416 g/mol. The number of hydrogen-bond donors (Lipinski definition) is 0. The molecule has 2 aliphatic heterocycles. The number of halogens is 2. The second-order valence-electron chi connectivity index (χ2n) is 7.69. The summed E-state index contributed by atoms with van der Waals surface area (Å²) in [7, 11) is 2.24. The Morgan fingerprint density at radius 3 is 2.50 bits per heavy atom. The van der Waals surface area contributed by atoms with Crippen LogP contribution in [0.1, 0.15) is 42.6 Å². The minimum atomic E-state index is 0. The fraction of sp³-hybridized carbons (Fsp3) is 0.364. The van der Waals surface area contributed by atoms with E-state index in [0.717, 1.165) is 22.9 Å². The number of benzene rings is 2. The van der Waals surface area contributed by atoms with Crippen LogP contribution in [0.15, 0.2) is 59.0 Å². The molecule has 0 N–H and O–H groups in total. The highest BCUT2D eigenvalue weighted by atomic mass is 35.5. The molecule has 2 bridgehead atoms. The maximum absolute atomic E-state index is 6.21. The van der Waals surface area contributed by atoms with Crippen LogP contribution in [0, 0.1) is 0 Å². The van der Waals surface area contributed by atoms with E-state index in [1.54, 1.807) is 0 Å². The Hall–Kier alpha value is -1.88. The number of hydrogen-bond acceptors (Lipinski definition) is 4. The Bertz CT molecular complexity index is 928. The first kappa shape index (κ1) is 19.4. The summed E-state index contributed by atoms with van der Waals surface area (Å²) in [6.45, 7) is 0. The average Bonchev–Trinajstić information content (AvgIpc) is 3.26. The van der Waals surface area contributed by atoms with Gasteiger partial charge in [-0.15, -0.1) is 22.6 Å². The molecule has 0 amide bonds. The van der Waals surface area contributed by atoms with Crippen molar-refractivity contribution in [3.8, 4) is 11.5 Å². The van der Waals surface area contributed by atoms with Gasteiger partial charge in [0.05, 0.1) is 5.92 Å².